The van der Waals surface area contributed by atoms with Gasteiger partial charge in [0.2, 0.25) is 0 Å². The van der Waals surface area contributed by atoms with Crippen molar-refractivity contribution in [1.82, 2.24) is 15.5 Å². The van der Waals surface area contributed by atoms with Crippen molar-refractivity contribution in [3.8, 4) is 5.75 Å². The summed E-state index contributed by atoms with van der Waals surface area (Å²) < 4.78 is 5.15. The highest BCUT2D eigenvalue weighted by atomic mass is 16.5. The third-order valence-corrected chi connectivity index (χ3v) is 6.94. The zero-order chi connectivity index (χ0) is 23.9. The molecule has 2 amide bonds. The summed E-state index contributed by atoms with van der Waals surface area (Å²) in [5, 5.41) is 5.61. The molecule has 0 aromatic heterocycles. The number of methoxy groups -OCH3 is 1. The molecule has 7 heteroatoms. The van der Waals surface area contributed by atoms with E-state index in [1.807, 2.05) is 24.3 Å². The van der Waals surface area contributed by atoms with Crippen molar-refractivity contribution in [2.45, 2.75) is 44.7 Å². The number of hydrogen-bond acceptors (Lipinski definition) is 5. The fourth-order valence-corrected chi connectivity index (χ4v) is 4.98. The second kappa shape index (κ2) is 11.4. The van der Waals surface area contributed by atoms with Crippen LogP contribution in [0.4, 0.5) is 5.69 Å². The van der Waals surface area contributed by atoms with Gasteiger partial charge in [0.1, 0.15) is 5.75 Å². The van der Waals surface area contributed by atoms with Crippen LogP contribution in [-0.4, -0.2) is 57.1 Å². The number of anilines is 1. The molecule has 0 spiro atoms. The van der Waals surface area contributed by atoms with Gasteiger partial charge >= 0.3 is 11.8 Å². The van der Waals surface area contributed by atoms with Crippen molar-refractivity contribution in [3.63, 3.8) is 0 Å². The number of likely N-dealkylation sites (tertiary alicyclic amines) is 1. The third kappa shape index (κ3) is 5.89. The van der Waals surface area contributed by atoms with Crippen molar-refractivity contribution >= 4 is 17.5 Å². The van der Waals surface area contributed by atoms with Crippen LogP contribution in [-0.2, 0) is 22.6 Å². The van der Waals surface area contributed by atoms with Gasteiger partial charge in [-0.2, -0.15) is 0 Å². The highest BCUT2D eigenvalue weighted by molar-refractivity contribution is 6.35. The summed E-state index contributed by atoms with van der Waals surface area (Å²) in [7, 11) is 3.76. The van der Waals surface area contributed by atoms with Crippen LogP contribution in [0.5, 0.6) is 5.75 Å². The molecule has 4 rings (SSSR count). The standard InChI is InChI=1S/C27H36N4O3/c1-30-14-6-7-21-17-22(10-13-24(21)30)25(31-15-4-3-5-16-31)19-29-27(33)26(32)28-18-20-8-11-23(34-2)12-9-20/h8-13,17,25H,3-7,14-16,18-19H2,1-2H3,(H,28,32)(H,29,33). The molecule has 7 nitrogen and oxygen atoms in total. The van der Waals surface area contributed by atoms with Crippen LogP contribution < -0.4 is 20.3 Å². The molecule has 0 aliphatic carbocycles. The topological polar surface area (TPSA) is 73.9 Å². The average Bonchev–Trinajstić information content (AvgIpc) is 2.88. The molecule has 1 fully saturated rings. The molecular formula is C27H36N4O3. The van der Waals surface area contributed by atoms with Gasteiger partial charge in [0, 0.05) is 32.4 Å². The molecule has 0 saturated carbocycles. The maximum Gasteiger partial charge on any atom is 0.309 e. The van der Waals surface area contributed by atoms with Crippen LogP contribution in [0.3, 0.4) is 0 Å². The van der Waals surface area contributed by atoms with Crippen molar-refractivity contribution in [2.24, 2.45) is 0 Å². The summed E-state index contributed by atoms with van der Waals surface area (Å²) in [5.41, 5.74) is 4.80. The Labute approximate surface area is 202 Å². The minimum absolute atomic E-state index is 0.0659. The Balaban J connectivity index is 1.39. The zero-order valence-electron chi connectivity index (χ0n) is 20.3. The second-order valence-electron chi connectivity index (χ2n) is 9.27. The van der Waals surface area contributed by atoms with Gasteiger partial charge in [-0.3, -0.25) is 14.5 Å². The monoisotopic (exact) mass is 464 g/mol. The van der Waals surface area contributed by atoms with Crippen LogP contribution in [0.1, 0.15) is 48.4 Å². The summed E-state index contributed by atoms with van der Waals surface area (Å²) in [6.07, 6.45) is 5.83. The quantitative estimate of drug-likeness (QED) is 0.616. The molecule has 0 radical (unpaired) electrons. The van der Waals surface area contributed by atoms with Gasteiger partial charge in [-0.15, -0.1) is 0 Å². The molecule has 1 unspecified atom stereocenters. The van der Waals surface area contributed by atoms with E-state index in [4.69, 9.17) is 4.74 Å². The Morgan fingerprint density at radius 2 is 1.68 bits per heavy atom. The van der Waals surface area contributed by atoms with Gasteiger partial charge in [0.25, 0.3) is 0 Å². The Kier molecular flexibility index (Phi) is 8.06. The fourth-order valence-electron chi connectivity index (χ4n) is 4.98. The smallest absolute Gasteiger partial charge is 0.309 e. The van der Waals surface area contributed by atoms with Crippen LogP contribution in [0.2, 0.25) is 0 Å². The van der Waals surface area contributed by atoms with Crippen LogP contribution in [0.25, 0.3) is 0 Å². The SMILES string of the molecule is COc1ccc(CNC(=O)C(=O)NCC(c2ccc3c(c2)CCCN3C)N2CCCCC2)cc1. The average molecular weight is 465 g/mol. The first-order valence-corrected chi connectivity index (χ1v) is 12.3. The molecule has 2 aromatic carbocycles. The second-order valence-corrected chi connectivity index (χ2v) is 9.27. The third-order valence-electron chi connectivity index (χ3n) is 6.94. The van der Waals surface area contributed by atoms with E-state index in [9.17, 15) is 9.59 Å². The first kappa shape index (κ1) is 24.1. The van der Waals surface area contributed by atoms with Crippen molar-refractivity contribution in [3.05, 3.63) is 59.2 Å². The van der Waals surface area contributed by atoms with E-state index < -0.39 is 11.8 Å². The molecule has 2 aromatic rings. The normalized spacial score (nSPS) is 16.9. The van der Waals surface area contributed by atoms with Gasteiger partial charge < -0.3 is 20.3 Å². The number of hydrogen-bond donors (Lipinski definition) is 2. The predicted molar refractivity (Wildman–Crippen MR) is 134 cm³/mol. The molecule has 182 valence electrons. The van der Waals surface area contributed by atoms with E-state index in [0.717, 1.165) is 43.8 Å². The fraction of sp³-hybridized carbons (Fsp3) is 0.481. The van der Waals surface area contributed by atoms with Crippen LogP contribution in [0.15, 0.2) is 42.5 Å². The van der Waals surface area contributed by atoms with E-state index in [2.05, 4.69) is 45.7 Å². The Hall–Kier alpha value is -3.06. The molecular weight excluding hydrogens is 428 g/mol. The molecule has 34 heavy (non-hydrogen) atoms. The molecule has 2 aliphatic rings. The maximum absolute atomic E-state index is 12.6. The minimum atomic E-state index is -0.611. The van der Waals surface area contributed by atoms with Crippen LogP contribution in [0, 0.1) is 0 Å². The van der Waals surface area contributed by atoms with Gasteiger partial charge in [0.05, 0.1) is 13.2 Å². The highest BCUT2D eigenvalue weighted by Gasteiger charge is 2.25. The summed E-state index contributed by atoms with van der Waals surface area (Å²) in [6.45, 7) is 3.83. The van der Waals surface area contributed by atoms with Crippen molar-refractivity contribution in [2.75, 3.05) is 45.2 Å². The molecule has 2 heterocycles. The van der Waals surface area contributed by atoms with Gasteiger partial charge in [-0.05, 0) is 73.7 Å². The number of carbonyl (C=O) groups is 2. The Morgan fingerprint density at radius 3 is 2.41 bits per heavy atom. The van der Waals surface area contributed by atoms with E-state index in [0.29, 0.717) is 13.1 Å². The zero-order valence-corrected chi connectivity index (χ0v) is 20.3. The van der Waals surface area contributed by atoms with E-state index in [-0.39, 0.29) is 6.04 Å². The Morgan fingerprint density at radius 1 is 0.941 bits per heavy atom. The summed E-state index contributed by atoms with van der Waals surface area (Å²) in [6, 6.07) is 14.2. The number of carbonyl (C=O) groups excluding carboxylic acids is 2. The lowest BCUT2D eigenvalue weighted by Gasteiger charge is -2.36. The molecule has 2 N–H and O–H groups in total. The number of rotatable bonds is 7. The molecule has 0 bridgehead atoms. The number of amides is 2. The highest BCUT2D eigenvalue weighted by Crippen LogP contribution is 2.31. The number of fused-ring (bicyclic) bond motifs is 1. The first-order valence-electron chi connectivity index (χ1n) is 12.3. The van der Waals surface area contributed by atoms with Crippen molar-refractivity contribution in [1.29, 1.82) is 0 Å². The summed E-state index contributed by atoms with van der Waals surface area (Å²) >= 11 is 0. The molecule has 1 atom stereocenters. The van der Waals surface area contributed by atoms with Gasteiger partial charge in [0.15, 0.2) is 0 Å². The number of aryl methyl sites for hydroxylation is 1. The summed E-state index contributed by atoms with van der Waals surface area (Å²) in [5.74, 6) is -0.445. The minimum Gasteiger partial charge on any atom is -0.497 e. The number of piperidine rings is 1. The van der Waals surface area contributed by atoms with E-state index in [1.165, 1.54) is 36.1 Å². The van der Waals surface area contributed by atoms with E-state index in [1.54, 1.807) is 7.11 Å². The number of nitrogens with zero attached hydrogens (tertiary/aromatic N) is 2. The molecule has 1 saturated heterocycles. The lowest BCUT2D eigenvalue weighted by molar-refractivity contribution is -0.139. The van der Waals surface area contributed by atoms with Crippen LogP contribution >= 0.6 is 0 Å². The first-order chi connectivity index (χ1) is 16.5. The number of nitrogens with one attached hydrogen (secondary N) is 2. The predicted octanol–water partition coefficient (Wildman–Crippen LogP) is 3.04. The number of benzene rings is 2. The number of ether oxygens (including phenoxy) is 1. The largest absolute Gasteiger partial charge is 0.497 e. The lowest BCUT2D eigenvalue weighted by Crippen LogP contribution is -2.45. The molecule has 2 aliphatic heterocycles. The van der Waals surface area contributed by atoms with E-state index >= 15 is 0 Å². The van der Waals surface area contributed by atoms with Crippen molar-refractivity contribution < 1.29 is 14.3 Å². The Bertz CT molecular complexity index is 986. The van der Waals surface area contributed by atoms with Gasteiger partial charge in [-0.1, -0.05) is 30.7 Å². The summed E-state index contributed by atoms with van der Waals surface area (Å²) in [4.78, 5) is 29.8. The lowest BCUT2D eigenvalue weighted by atomic mass is 9.95. The van der Waals surface area contributed by atoms with Gasteiger partial charge in [-0.25, -0.2) is 0 Å². The maximum atomic E-state index is 12.6.